The summed E-state index contributed by atoms with van der Waals surface area (Å²) < 4.78 is 37.4. The minimum atomic E-state index is -3.69. The third-order valence-corrected chi connectivity index (χ3v) is 5.64. The molecule has 2 aromatic carbocycles. The van der Waals surface area contributed by atoms with Crippen LogP contribution >= 0.6 is 0 Å². The van der Waals surface area contributed by atoms with Crippen LogP contribution in [0, 0.1) is 12.3 Å². The summed E-state index contributed by atoms with van der Waals surface area (Å²) in [5.41, 5.74) is 1.19. The van der Waals surface area contributed by atoms with Crippen LogP contribution in [0.4, 0.5) is 0 Å². The molecule has 0 atom stereocenters. The van der Waals surface area contributed by atoms with Gasteiger partial charge in [0, 0.05) is 12.1 Å². The highest BCUT2D eigenvalue weighted by Crippen LogP contribution is 2.28. The van der Waals surface area contributed by atoms with Crippen LogP contribution in [0.5, 0.6) is 11.5 Å². The minimum absolute atomic E-state index is 0.0395. The van der Waals surface area contributed by atoms with E-state index < -0.39 is 10.0 Å². The van der Waals surface area contributed by atoms with Gasteiger partial charge in [0.2, 0.25) is 10.0 Å². The van der Waals surface area contributed by atoms with Gasteiger partial charge >= 0.3 is 0 Å². The number of unbranched alkanes of at least 4 members (excludes halogenated alkanes) is 1. The summed E-state index contributed by atoms with van der Waals surface area (Å²) in [4.78, 5) is 12.4. The quantitative estimate of drug-likeness (QED) is 0.422. The van der Waals surface area contributed by atoms with Gasteiger partial charge in [-0.15, -0.1) is 6.42 Å². The molecule has 2 rings (SSSR count). The van der Waals surface area contributed by atoms with Gasteiger partial charge in [0.25, 0.3) is 5.91 Å². The number of sulfonamides is 1. The lowest BCUT2D eigenvalue weighted by atomic mass is 10.1. The van der Waals surface area contributed by atoms with Gasteiger partial charge in [0.05, 0.1) is 25.2 Å². The molecule has 0 heterocycles. The van der Waals surface area contributed by atoms with Crippen LogP contribution in [0.15, 0.2) is 47.4 Å². The average Bonchev–Trinajstić information content (AvgIpc) is 2.76. The summed E-state index contributed by atoms with van der Waals surface area (Å²) in [7, 11) is -2.12. The second-order valence-electron chi connectivity index (χ2n) is 6.42. The van der Waals surface area contributed by atoms with Gasteiger partial charge in [0.1, 0.15) is 0 Å². The third-order valence-electron chi connectivity index (χ3n) is 4.23. The molecule has 0 radical (unpaired) electrons. The second kappa shape index (κ2) is 11.2. The molecule has 1 amide bonds. The Morgan fingerprint density at radius 2 is 1.87 bits per heavy atom. The molecule has 0 aliphatic rings. The van der Waals surface area contributed by atoms with Gasteiger partial charge in [-0.25, -0.2) is 8.42 Å². The van der Waals surface area contributed by atoms with Crippen LogP contribution in [-0.2, 0) is 16.6 Å². The summed E-state index contributed by atoms with van der Waals surface area (Å²) in [5, 5.41) is 2.80. The molecule has 7 nitrogen and oxygen atoms in total. The fourth-order valence-electron chi connectivity index (χ4n) is 2.56. The summed E-state index contributed by atoms with van der Waals surface area (Å²) in [6.07, 6.45) is 7.07. The van der Waals surface area contributed by atoms with E-state index in [1.807, 2.05) is 18.2 Å². The van der Waals surface area contributed by atoms with E-state index in [1.54, 1.807) is 7.11 Å². The van der Waals surface area contributed by atoms with Crippen molar-refractivity contribution < 1.29 is 22.7 Å². The van der Waals surface area contributed by atoms with Crippen LogP contribution in [0.2, 0.25) is 0 Å². The van der Waals surface area contributed by atoms with Crippen molar-refractivity contribution in [2.24, 2.45) is 0 Å². The number of carbonyl (C=O) groups is 1. The maximum atomic E-state index is 12.4. The number of rotatable bonds is 11. The predicted octanol–water partition coefficient (Wildman–Crippen LogP) is 2.72. The summed E-state index contributed by atoms with van der Waals surface area (Å²) >= 11 is 0. The van der Waals surface area contributed by atoms with E-state index in [0.29, 0.717) is 23.7 Å². The maximum absolute atomic E-state index is 12.4. The molecule has 0 aliphatic heterocycles. The summed E-state index contributed by atoms with van der Waals surface area (Å²) in [6.45, 7) is 2.90. The minimum Gasteiger partial charge on any atom is -0.493 e. The molecule has 0 bridgehead atoms. The first-order valence-corrected chi connectivity index (χ1v) is 11.0. The number of carbonyl (C=O) groups excluding carboxylic acids is 1. The van der Waals surface area contributed by atoms with Gasteiger partial charge in [0.15, 0.2) is 11.5 Å². The molecule has 0 aromatic heterocycles. The van der Waals surface area contributed by atoms with Crippen molar-refractivity contribution in [2.75, 3.05) is 20.3 Å². The number of methoxy groups -OCH3 is 1. The lowest BCUT2D eigenvalue weighted by Gasteiger charge is -2.12. The molecule has 2 N–H and O–H groups in total. The Labute approximate surface area is 177 Å². The topological polar surface area (TPSA) is 93.7 Å². The van der Waals surface area contributed by atoms with E-state index in [9.17, 15) is 13.2 Å². The van der Waals surface area contributed by atoms with Crippen molar-refractivity contribution in [3.8, 4) is 23.8 Å². The Bertz CT molecular complexity index is 995. The predicted molar refractivity (Wildman–Crippen MR) is 115 cm³/mol. The molecule has 0 spiro atoms. The molecule has 160 valence electrons. The first-order valence-electron chi connectivity index (χ1n) is 9.52. The van der Waals surface area contributed by atoms with Crippen molar-refractivity contribution >= 4 is 15.9 Å². The maximum Gasteiger partial charge on any atom is 0.251 e. The van der Waals surface area contributed by atoms with Crippen LogP contribution < -0.4 is 19.5 Å². The van der Waals surface area contributed by atoms with Crippen molar-refractivity contribution in [3.05, 3.63) is 53.6 Å². The normalized spacial score (nSPS) is 10.8. The number of benzene rings is 2. The average molecular weight is 431 g/mol. The van der Waals surface area contributed by atoms with Crippen molar-refractivity contribution in [1.82, 2.24) is 10.0 Å². The fraction of sp³-hybridized carbons (Fsp3) is 0.318. The number of amides is 1. The van der Waals surface area contributed by atoms with Crippen molar-refractivity contribution in [3.63, 3.8) is 0 Å². The highest BCUT2D eigenvalue weighted by molar-refractivity contribution is 7.89. The largest absolute Gasteiger partial charge is 0.493 e. The zero-order chi connectivity index (χ0) is 22.0. The Morgan fingerprint density at radius 1 is 1.13 bits per heavy atom. The highest BCUT2D eigenvalue weighted by Gasteiger charge is 2.14. The zero-order valence-electron chi connectivity index (χ0n) is 17.1. The fourth-order valence-corrected chi connectivity index (χ4v) is 3.49. The van der Waals surface area contributed by atoms with E-state index in [-0.39, 0.29) is 23.9 Å². The van der Waals surface area contributed by atoms with Crippen molar-refractivity contribution in [2.45, 2.75) is 31.2 Å². The Hall–Kier alpha value is -3.02. The highest BCUT2D eigenvalue weighted by atomic mass is 32.2. The smallest absolute Gasteiger partial charge is 0.251 e. The lowest BCUT2D eigenvalue weighted by Crippen LogP contribution is -2.25. The monoisotopic (exact) mass is 430 g/mol. The molecule has 0 saturated carbocycles. The van der Waals surface area contributed by atoms with Crippen LogP contribution in [0.25, 0.3) is 0 Å². The van der Waals surface area contributed by atoms with E-state index in [1.165, 1.54) is 24.3 Å². The first-order chi connectivity index (χ1) is 14.4. The third kappa shape index (κ3) is 6.51. The SMILES string of the molecule is C#CCNS(=O)(=O)c1ccc(C(=O)NCc2ccc(OCCCC)c(OC)c2)cc1. The van der Waals surface area contributed by atoms with Gasteiger partial charge < -0.3 is 14.8 Å². The number of hydrogen-bond donors (Lipinski definition) is 2. The Balaban J connectivity index is 1.99. The van der Waals surface area contributed by atoms with Crippen LogP contribution in [-0.4, -0.2) is 34.6 Å². The molecule has 0 saturated heterocycles. The molecule has 0 fully saturated rings. The molecule has 0 unspecified atom stereocenters. The molecule has 8 heteroatoms. The van der Waals surface area contributed by atoms with Gasteiger partial charge in [-0.05, 0) is 48.4 Å². The lowest BCUT2D eigenvalue weighted by molar-refractivity contribution is 0.0950. The van der Waals surface area contributed by atoms with E-state index in [2.05, 4.69) is 22.9 Å². The van der Waals surface area contributed by atoms with E-state index in [0.717, 1.165) is 18.4 Å². The molecular formula is C22H26N2O5S. The molecule has 30 heavy (non-hydrogen) atoms. The van der Waals surface area contributed by atoms with Crippen molar-refractivity contribution in [1.29, 1.82) is 0 Å². The van der Waals surface area contributed by atoms with E-state index in [4.69, 9.17) is 15.9 Å². The zero-order valence-corrected chi connectivity index (χ0v) is 17.9. The van der Waals surface area contributed by atoms with Crippen LogP contribution in [0.3, 0.4) is 0 Å². The number of nitrogens with one attached hydrogen (secondary N) is 2. The van der Waals surface area contributed by atoms with Gasteiger partial charge in [-0.2, -0.15) is 4.72 Å². The Kier molecular flexibility index (Phi) is 8.71. The second-order valence-corrected chi connectivity index (χ2v) is 8.19. The number of terminal acetylenes is 1. The number of ether oxygens (including phenoxy) is 2. The molecule has 0 aliphatic carbocycles. The summed E-state index contributed by atoms with van der Waals surface area (Å²) in [5.74, 6) is 3.15. The first kappa shape index (κ1) is 23.3. The summed E-state index contributed by atoms with van der Waals surface area (Å²) in [6, 6.07) is 11.1. The van der Waals surface area contributed by atoms with Crippen LogP contribution in [0.1, 0.15) is 35.7 Å². The van der Waals surface area contributed by atoms with E-state index >= 15 is 0 Å². The standard InChI is InChI=1S/C22H26N2O5S/c1-4-6-14-29-20-12-7-17(15-21(20)28-3)16-23-22(25)18-8-10-19(11-9-18)30(26,27)24-13-5-2/h2,7-12,15,24H,4,6,13-14,16H2,1,3H3,(H,23,25). The molecular weight excluding hydrogens is 404 g/mol. The van der Waals surface area contributed by atoms with Gasteiger partial charge in [-0.1, -0.05) is 25.3 Å². The Morgan fingerprint density at radius 3 is 2.50 bits per heavy atom. The number of hydrogen-bond acceptors (Lipinski definition) is 5. The van der Waals surface area contributed by atoms with Gasteiger partial charge in [-0.3, -0.25) is 4.79 Å². The molecule has 2 aromatic rings.